The van der Waals surface area contributed by atoms with Crippen molar-refractivity contribution in [3.8, 4) is 0 Å². The van der Waals surface area contributed by atoms with Gasteiger partial charge >= 0.3 is 0 Å². The molecule has 4 heteroatoms. The number of allylic oxidation sites excluding steroid dienone is 2. The summed E-state index contributed by atoms with van der Waals surface area (Å²) in [4.78, 5) is 0. The van der Waals surface area contributed by atoms with E-state index in [1.54, 1.807) is 10.7 Å². The van der Waals surface area contributed by atoms with Crippen molar-refractivity contribution >= 4 is 33.8 Å². The van der Waals surface area contributed by atoms with Gasteiger partial charge in [-0.15, -0.1) is 0 Å². The molecule has 0 aliphatic carbocycles. The van der Waals surface area contributed by atoms with Gasteiger partial charge in [0, 0.05) is 8.07 Å². The van der Waals surface area contributed by atoms with E-state index in [1.165, 1.54) is 23.4 Å². The van der Waals surface area contributed by atoms with E-state index >= 15 is 0 Å². The zero-order valence-electron chi connectivity index (χ0n) is 16.2. The van der Waals surface area contributed by atoms with Crippen molar-refractivity contribution in [1.29, 1.82) is 0 Å². The third-order valence-corrected chi connectivity index (χ3v) is 13.7. The van der Waals surface area contributed by atoms with Gasteiger partial charge in [0.25, 0.3) is 0 Å². The van der Waals surface area contributed by atoms with E-state index < -0.39 is 16.3 Å². The Morgan fingerprint density at radius 3 is 1.76 bits per heavy atom. The summed E-state index contributed by atoms with van der Waals surface area (Å²) in [5, 5.41) is 4.67. The van der Waals surface area contributed by atoms with Gasteiger partial charge < -0.3 is 4.25 Å². The van der Waals surface area contributed by atoms with Crippen LogP contribution < -0.4 is 10.6 Å². The van der Waals surface area contributed by atoms with Crippen molar-refractivity contribution in [2.24, 2.45) is 0 Å². The highest BCUT2D eigenvalue weighted by Gasteiger charge is 2.49. The van der Waals surface area contributed by atoms with E-state index in [0.29, 0.717) is 6.85 Å². The lowest BCUT2D eigenvalue weighted by molar-refractivity contribution is 1.01. The summed E-state index contributed by atoms with van der Waals surface area (Å²) in [7, 11) is -2.12. The Labute approximate surface area is 156 Å². The first-order valence-corrected chi connectivity index (χ1v) is 13.7. The second kappa shape index (κ2) is 7.62. The Bertz CT molecular complexity index is 706. The maximum absolute atomic E-state index is 2.96. The van der Waals surface area contributed by atoms with Crippen molar-refractivity contribution in [2.45, 2.75) is 46.6 Å². The van der Waals surface area contributed by atoms with Crippen molar-refractivity contribution in [3.63, 3.8) is 0 Å². The van der Waals surface area contributed by atoms with Gasteiger partial charge in [-0.05, 0) is 24.0 Å². The Morgan fingerprint density at radius 2 is 1.36 bits per heavy atom. The minimum absolute atomic E-state index is 0.491. The molecule has 0 saturated carbocycles. The van der Waals surface area contributed by atoms with E-state index in [9.17, 15) is 0 Å². The summed E-state index contributed by atoms with van der Waals surface area (Å²) in [6, 6.07) is 22.4. The third kappa shape index (κ3) is 3.30. The lowest BCUT2D eigenvalue weighted by Crippen LogP contribution is -2.51. The molecule has 130 valence electrons. The molecular formula is C21H29BNPSi. The van der Waals surface area contributed by atoms with Crippen molar-refractivity contribution in [2.75, 3.05) is 0 Å². The molecule has 1 aliphatic heterocycles. The van der Waals surface area contributed by atoms with Crippen molar-refractivity contribution in [1.82, 2.24) is 4.25 Å². The fourth-order valence-electron chi connectivity index (χ4n) is 4.20. The Kier molecular flexibility index (Phi) is 5.68. The molecule has 1 heterocycles. The van der Waals surface area contributed by atoms with E-state index in [-0.39, 0.29) is 0 Å². The maximum atomic E-state index is 2.96. The number of hydrogen-bond acceptors (Lipinski definition) is 1. The zero-order chi connectivity index (χ0) is 18.0. The van der Waals surface area contributed by atoms with Crippen LogP contribution in [-0.2, 0) is 0 Å². The van der Waals surface area contributed by atoms with Crippen LogP contribution in [0, 0.1) is 0 Å². The second-order valence-electron chi connectivity index (χ2n) is 7.31. The summed E-state index contributed by atoms with van der Waals surface area (Å²) in [5.74, 6) is 0. The summed E-state index contributed by atoms with van der Waals surface area (Å²) in [5.41, 5.74) is 1.71. The molecule has 0 unspecified atom stereocenters. The first kappa shape index (κ1) is 18.6. The van der Waals surface area contributed by atoms with Crippen LogP contribution in [0.25, 0.3) is 0 Å². The number of nitrogens with zero attached hydrogens (tertiary/aromatic N) is 1. The molecule has 0 bridgehead atoms. The van der Waals surface area contributed by atoms with Crippen LogP contribution >= 0.6 is 8.07 Å². The summed E-state index contributed by atoms with van der Waals surface area (Å²) < 4.78 is 2.96. The van der Waals surface area contributed by atoms with E-state index in [4.69, 9.17) is 0 Å². The second-order valence-corrected chi connectivity index (χ2v) is 14.1. The highest BCUT2D eigenvalue weighted by Crippen LogP contribution is 2.51. The minimum Gasteiger partial charge on any atom is -0.328 e. The van der Waals surface area contributed by atoms with Crippen LogP contribution in [0.4, 0.5) is 0 Å². The summed E-state index contributed by atoms with van der Waals surface area (Å²) >= 11 is 0. The largest absolute Gasteiger partial charge is 0.328 e. The third-order valence-electron chi connectivity index (χ3n) is 5.65. The van der Waals surface area contributed by atoms with Crippen LogP contribution in [-0.4, -0.2) is 19.3 Å². The molecule has 0 atom stereocenters. The zero-order valence-corrected chi connectivity index (χ0v) is 18.1. The molecule has 0 N–H and O–H groups in total. The quantitative estimate of drug-likeness (QED) is 0.509. The van der Waals surface area contributed by atoms with Gasteiger partial charge in [-0.25, -0.2) is 0 Å². The molecule has 2 aromatic carbocycles. The molecule has 0 amide bonds. The number of hydrogen-bond donors (Lipinski definition) is 0. The van der Waals surface area contributed by atoms with Gasteiger partial charge in [0.2, 0.25) is 6.85 Å². The van der Waals surface area contributed by atoms with Crippen LogP contribution in [0.2, 0.25) is 19.4 Å². The summed E-state index contributed by atoms with van der Waals surface area (Å²) in [6.07, 6.45) is 2.39. The molecule has 0 fully saturated rings. The molecule has 0 spiro atoms. The summed E-state index contributed by atoms with van der Waals surface area (Å²) in [6.45, 7) is 12.8. The molecular weight excluding hydrogens is 336 g/mol. The van der Waals surface area contributed by atoms with Crippen LogP contribution in [0.1, 0.15) is 27.2 Å². The van der Waals surface area contributed by atoms with Gasteiger partial charge in [0.05, 0.1) is 0 Å². The maximum Gasteiger partial charge on any atom is 0.250 e. The molecule has 1 aliphatic rings. The molecule has 0 saturated heterocycles. The van der Waals surface area contributed by atoms with Gasteiger partial charge in [-0.2, -0.15) is 0 Å². The topological polar surface area (TPSA) is 3.24 Å². The van der Waals surface area contributed by atoms with E-state index in [0.717, 1.165) is 0 Å². The first-order chi connectivity index (χ1) is 12.0. The number of benzene rings is 2. The Balaban J connectivity index is 2.17. The molecule has 0 radical (unpaired) electrons. The van der Waals surface area contributed by atoms with Crippen LogP contribution in [0.3, 0.4) is 0 Å². The lowest BCUT2D eigenvalue weighted by Gasteiger charge is -2.42. The minimum atomic E-state index is -1.63. The average Bonchev–Trinajstić information content (AvgIpc) is 2.83. The molecule has 1 nitrogen and oxygen atoms in total. The predicted molar refractivity (Wildman–Crippen MR) is 118 cm³/mol. The van der Waals surface area contributed by atoms with Gasteiger partial charge in [-0.1, -0.05) is 105 Å². The molecule has 0 aromatic heterocycles. The molecule has 2 aromatic rings. The van der Waals surface area contributed by atoms with Crippen molar-refractivity contribution in [3.05, 3.63) is 71.3 Å². The van der Waals surface area contributed by atoms with Gasteiger partial charge in [0.1, 0.15) is 8.24 Å². The van der Waals surface area contributed by atoms with Crippen LogP contribution in [0.15, 0.2) is 71.3 Å². The van der Waals surface area contributed by atoms with Gasteiger partial charge in [0.15, 0.2) is 0 Å². The van der Waals surface area contributed by atoms with Crippen LogP contribution in [0.5, 0.6) is 0 Å². The Hall–Kier alpha value is -1.15. The van der Waals surface area contributed by atoms with Gasteiger partial charge in [-0.3, -0.25) is 0 Å². The van der Waals surface area contributed by atoms with E-state index in [2.05, 4.69) is 98.8 Å². The van der Waals surface area contributed by atoms with Crippen molar-refractivity contribution < 1.29 is 0 Å². The number of rotatable bonds is 5. The smallest absolute Gasteiger partial charge is 0.250 e. The SMILES string of the molecule is CCB1C(CC)=C(C)[Si](C)(C)N1P(c1ccccc1)c1ccccc1. The fraction of sp³-hybridized carbons (Fsp3) is 0.333. The molecule has 25 heavy (non-hydrogen) atoms. The Morgan fingerprint density at radius 1 is 0.880 bits per heavy atom. The van der Waals surface area contributed by atoms with E-state index in [1.807, 2.05) is 0 Å². The molecule has 3 rings (SSSR count). The predicted octanol–water partition coefficient (Wildman–Crippen LogP) is 5.37. The highest BCUT2D eigenvalue weighted by atomic mass is 31.1. The monoisotopic (exact) mass is 365 g/mol. The normalized spacial score (nSPS) is 17.6. The fourth-order valence-corrected chi connectivity index (χ4v) is 12.2. The average molecular weight is 365 g/mol. The first-order valence-electron chi connectivity index (χ1n) is 9.42. The highest BCUT2D eigenvalue weighted by molar-refractivity contribution is 7.74. The lowest BCUT2D eigenvalue weighted by atomic mass is 9.53. The standard InChI is InChI=1S/C21H29BNPSi/c1-6-21-18(3)25(4,5)23(22(21)7-2)24(19-14-10-8-11-15-19)20-16-12-9-13-17-20/h8-17H,6-7H2,1-5H3.